The molecule has 1 fully saturated rings. The summed E-state index contributed by atoms with van der Waals surface area (Å²) in [6, 6.07) is 6.26. The molecule has 2 N–H and O–H groups in total. The number of nitrogens with zero attached hydrogens (tertiary/aromatic N) is 3. The molecule has 0 saturated carbocycles. The van der Waals surface area contributed by atoms with Crippen molar-refractivity contribution in [2.24, 2.45) is 0 Å². The number of carbonyl (C=O) groups excluding carboxylic acids is 1. The Kier molecular flexibility index (Phi) is 4.92. The van der Waals surface area contributed by atoms with Gasteiger partial charge >= 0.3 is 11.8 Å². The number of fused-ring (bicyclic) bond motifs is 1. The third kappa shape index (κ3) is 4.12. The normalized spacial score (nSPS) is 16.8. The van der Waals surface area contributed by atoms with Gasteiger partial charge in [-0.25, -0.2) is 24.1 Å². The number of benzene rings is 1. The maximum absolute atomic E-state index is 14.6. The average Bonchev–Trinajstić information content (AvgIpc) is 3.29. The number of aromatic amines is 2. The Morgan fingerprint density at radius 3 is 2.83 bits per heavy atom. The summed E-state index contributed by atoms with van der Waals surface area (Å²) in [5.74, 6) is -0.169. The van der Waals surface area contributed by atoms with E-state index in [0.717, 1.165) is 0 Å². The van der Waals surface area contributed by atoms with Crippen LogP contribution in [-0.2, 0) is 4.74 Å². The van der Waals surface area contributed by atoms with Crippen molar-refractivity contribution in [3.8, 4) is 17.4 Å². The van der Waals surface area contributed by atoms with Crippen LogP contribution in [0.2, 0.25) is 0 Å². The fourth-order valence-corrected chi connectivity index (χ4v) is 3.30. The molecule has 1 aliphatic rings. The number of ether oxygens (including phenoxy) is 2. The zero-order valence-electron chi connectivity index (χ0n) is 16.9. The van der Waals surface area contributed by atoms with Crippen molar-refractivity contribution >= 4 is 16.9 Å². The van der Waals surface area contributed by atoms with Crippen molar-refractivity contribution in [2.75, 3.05) is 13.1 Å². The van der Waals surface area contributed by atoms with Crippen LogP contribution in [0, 0.1) is 5.82 Å². The van der Waals surface area contributed by atoms with Crippen molar-refractivity contribution in [3.05, 3.63) is 40.6 Å². The Balaban J connectivity index is 1.62. The Labute approximate surface area is 171 Å². The number of halogens is 1. The number of H-pyrrole nitrogens is 2. The first-order chi connectivity index (χ1) is 14.2. The maximum atomic E-state index is 14.6. The topological polar surface area (TPSA) is 113 Å². The van der Waals surface area contributed by atoms with Gasteiger partial charge < -0.3 is 14.4 Å². The highest BCUT2D eigenvalue weighted by Crippen LogP contribution is 2.31. The SMILES string of the molecule is CC(C)(C)OC(=O)N1CCC(Oc2nc(-c3n[nH]c(=O)[nH]3)cc3cccc(F)c23)C1. The molecule has 0 bridgehead atoms. The van der Waals surface area contributed by atoms with Crippen molar-refractivity contribution in [2.45, 2.75) is 38.9 Å². The molecule has 1 atom stereocenters. The van der Waals surface area contributed by atoms with E-state index in [1.54, 1.807) is 43.9 Å². The van der Waals surface area contributed by atoms with Crippen LogP contribution >= 0.6 is 0 Å². The van der Waals surface area contributed by atoms with E-state index in [9.17, 15) is 14.0 Å². The van der Waals surface area contributed by atoms with Crippen molar-refractivity contribution < 1.29 is 18.7 Å². The molecule has 1 aliphatic heterocycles. The van der Waals surface area contributed by atoms with Gasteiger partial charge in [0.15, 0.2) is 5.82 Å². The number of hydrogen-bond acceptors (Lipinski definition) is 6. The van der Waals surface area contributed by atoms with Crippen molar-refractivity contribution in [1.82, 2.24) is 25.1 Å². The summed E-state index contributed by atoms with van der Waals surface area (Å²) in [6.45, 7) is 6.18. The number of carbonyl (C=O) groups is 1. The van der Waals surface area contributed by atoms with E-state index in [1.165, 1.54) is 6.07 Å². The van der Waals surface area contributed by atoms with Gasteiger partial charge in [0.2, 0.25) is 5.88 Å². The molecular formula is C20H22FN5O4. The molecule has 1 amide bonds. The Bertz CT molecular complexity index is 1150. The van der Waals surface area contributed by atoms with Crippen LogP contribution in [-0.4, -0.2) is 56.0 Å². The molecule has 3 heterocycles. The standard InChI is InChI=1S/C20H22FN5O4/c1-20(2,3)30-19(28)26-8-7-12(10-26)29-17-15-11(5-4-6-13(15)21)9-14(22-17)16-23-18(27)25-24-16/h4-6,9,12H,7-8,10H2,1-3H3,(H2,23,24,25,27). The minimum absolute atomic E-state index is 0.0838. The second-order valence-corrected chi connectivity index (χ2v) is 8.13. The molecule has 9 nitrogen and oxygen atoms in total. The molecule has 0 aliphatic carbocycles. The second kappa shape index (κ2) is 7.43. The monoisotopic (exact) mass is 415 g/mol. The van der Waals surface area contributed by atoms with Gasteiger partial charge in [0, 0.05) is 13.0 Å². The second-order valence-electron chi connectivity index (χ2n) is 8.13. The van der Waals surface area contributed by atoms with E-state index in [4.69, 9.17) is 9.47 Å². The van der Waals surface area contributed by atoms with E-state index in [1.807, 2.05) is 0 Å². The number of aromatic nitrogens is 4. The van der Waals surface area contributed by atoms with Gasteiger partial charge in [-0.15, -0.1) is 0 Å². The Morgan fingerprint density at radius 2 is 2.13 bits per heavy atom. The molecule has 0 spiro atoms. The maximum Gasteiger partial charge on any atom is 0.410 e. The highest BCUT2D eigenvalue weighted by molar-refractivity contribution is 5.90. The molecule has 1 unspecified atom stereocenters. The van der Waals surface area contributed by atoms with Crippen LogP contribution < -0.4 is 10.4 Å². The highest BCUT2D eigenvalue weighted by atomic mass is 19.1. The van der Waals surface area contributed by atoms with E-state index in [-0.39, 0.29) is 23.2 Å². The van der Waals surface area contributed by atoms with Crippen LogP contribution in [0.4, 0.5) is 9.18 Å². The third-order valence-corrected chi connectivity index (χ3v) is 4.59. The third-order valence-electron chi connectivity index (χ3n) is 4.59. The van der Waals surface area contributed by atoms with Crippen molar-refractivity contribution in [1.29, 1.82) is 0 Å². The van der Waals surface area contributed by atoms with Gasteiger partial charge in [-0.05, 0) is 38.3 Å². The molecule has 3 aromatic rings. The van der Waals surface area contributed by atoms with Gasteiger partial charge in [-0.2, -0.15) is 5.10 Å². The zero-order valence-corrected chi connectivity index (χ0v) is 16.9. The molecule has 2 aromatic heterocycles. The molecule has 4 rings (SSSR count). The molecule has 0 radical (unpaired) electrons. The minimum atomic E-state index is -0.592. The molecule has 1 saturated heterocycles. The summed E-state index contributed by atoms with van der Waals surface area (Å²) in [5, 5.41) is 6.95. The number of rotatable bonds is 3. The molecule has 30 heavy (non-hydrogen) atoms. The van der Waals surface area contributed by atoms with Gasteiger partial charge in [0.25, 0.3) is 0 Å². The van der Waals surface area contributed by atoms with Crippen LogP contribution in [0.1, 0.15) is 27.2 Å². The lowest BCUT2D eigenvalue weighted by atomic mass is 10.1. The number of nitrogens with one attached hydrogen (secondary N) is 2. The fourth-order valence-electron chi connectivity index (χ4n) is 3.30. The molecule has 158 valence electrons. The van der Waals surface area contributed by atoms with Gasteiger partial charge in [0.05, 0.1) is 11.9 Å². The minimum Gasteiger partial charge on any atom is -0.472 e. The molecule has 1 aromatic carbocycles. The first-order valence-corrected chi connectivity index (χ1v) is 9.58. The van der Waals surface area contributed by atoms with E-state index in [2.05, 4.69) is 20.2 Å². The summed E-state index contributed by atoms with van der Waals surface area (Å²) in [4.78, 5) is 32.2. The van der Waals surface area contributed by atoms with Crippen LogP contribution in [0.15, 0.2) is 29.1 Å². The smallest absolute Gasteiger partial charge is 0.410 e. The molecule has 10 heteroatoms. The number of likely N-dealkylation sites (tertiary alicyclic amines) is 1. The van der Waals surface area contributed by atoms with Crippen LogP contribution in [0.25, 0.3) is 22.3 Å². The van der Waals surface area contributed by atoms with Gasteiger partial charge in [0.1, 0.15) is 23.2 Å². The predicted octanol–water partition coefficient (Wildman–Crippen LogP) is 2.84. The Morgan fingerprint density at radius 1 is 1.33 bits per heavy atom. The van der Waals surface area contributed by atoms with Crippen LogP contribution in [0.3, 0.4) is 0 Å². The van der Waals surface area contributed by atoms with Gasteiger partial charge in [-0.3, -0.25) is 4.98 Å². The van der Waals surface area contributed by atoms with E-state index < -0.39 is 23.2 Å². The summed E-state index contributed by atoms with van der Waals surface area (Å²) >= 11 is 0. The quantitative estimate of drug-likeness (QED) is 0.680. The Hall–Kier alpha value is -3.43. The number of pyridine rings is 1. The van der Waals surface area contributed by atoms with Crippen molar-refractivity contribution in [3.63, 3.8) is 0 Å². The summed E-state index contributed by atoms with van der Waals surface area (Å²) < 4.78 is 26.0. The lowest BCUT2D eigenvalue weighted by molar-refractivity contribution is 0.0275. The highest BCUT2D eigenvalue weighted by Gasteiger charge is 2.31. The zero-order chi connectivity index (χ0) is 21.5. The molecular weight excluding hydrogens is 393 g/mol. The van der Waals surface area contributed by atoms with Gasteiger partial charge in [-0.1, -0.05) is 12.1 Å². The van der Waals surface area contributed by atoms with E-state index in [0.29, 0.717) is 30.6 Å². The van der Waals surface area contributed by atoms with Crippen LogP contribution in [0.5, 0.6) is 5.88 Å². The number of hydrogen-bond donors (Lipinski definition) is 2. The number of amides is 1. The summed E-state index contributed by atoms with van der Waals surface area (Å²) in [5.41, 5.74) is -0.730. The lowest BCUT2D eigenvalue weighted by Crippen LogP contribution is -2.36. The first-order valence-electron chi connectivity index (χ1n) is 9.58. The van der Waals surface area contributed by atoms with E-state index >= 15 is 0 Å². The summed E-state index contributed by atoms with van der Waals surface area (Å²) in [6.07, 6.45) is -0.234. The average molecular weight is 415 g/mol. The fraction of sp³-hybridized carbons (Fsp3) is 0.400. The predicted molar refractivity (Wildman–Crippen MR) is 107 cm³/mol. The summed E-state index contributed by atoms with van der Waals surface area (Å²) in [7, 11) is 0. The largest absolute Gasteiger partial charge is 0.472 e. The lowest BCUT2D eigenvalue weighted by Gasteiger charge is -2.24. The first kappa shape index (κ1) is 19.9.